The van der Waals surface area contributed by atoms with Crippen LogP contribution in [-0.2, 0) is 11.2 Å². The van der Waals surface area contributed by atoms with Gasteiger partial charge in [0.2, 0.25) is 0 Å². The van der Waals surface area contributed by atoms with E-state index in [0.29, 0.717) is 6.42 Å². The summed E-state index contributed by atoms with van der Waals surface area (Å²) >= 11 is 3.38. The smallest absolute Gasteiger partial charge is 0.135 e. The molecule has 0 N–H and O–H groups in total. The van der Waals surface area contributed by atoms with Crippen molar-refractivity contribution in [1.82, 2.24) is 9.61 Å². The topological polar surface area (TPSA) is 34.4 Å². The molecule has 0 bridgehead atoms. The van der Waals surface area contributed by atoms with Crippen LogP contribution in [-0.4, -0.2) is 15.4 Å². The molecule has 72 valence electrons. The quantitative estimate of drug-likeness (QED) is 0.822. The van der Waals surface area contributed by atoms with E-state index < -0.39 is 0 Å². The number of rotatable bonds is 2. The summed E-state index contributed by atoms with van der Waals surface area (Å²) in [6.07, 6.45) is 2.27. The third-order valence-corrected chi connectivity index (χ3v) is 2.40. The first-order valence-electron chi connectivity index (χ1n) is 4.28. The number of nitrogens with zero attached hydrogens (tertiary/aromatic N) is 2. The maximum absolute atomic E-state index is 10.9. The van der Waals surface area contributed by atoms with Gasteiger partial charge < -0.3 is 0 Å². The van der Waals surface area contributed by atoms with E-state index in [4.69, 9.17) is 0 Å². The number of fused-ring (bicyclic) bond motifs is 1. The van der Waals surface area contributed by atoms with Crippen molar-refractivity contribution in [3.8, 4) is 0 Å². The molecule has 4 heteroatoms. The largest absolute Gasteiger partial charge is 0.300 e. The molecule has 0 radical (unpaired) electrons. The Balaban J connectivity index is 2.46. The van der Waals surface area contributed by atoms with Gasteiger partial charge in [0.1, 0.15) is 5.78 Å². The van der Waals surface area contributed by atoms with Crippen molar-refractivity contribution in [3.63, 3.8) is 0 Å². The van der Waals surface area contributed by atoms with Gasteiger partial charge in [-0.1, -0.05) is 15.9 Å². The van der Waals surface area contributed by atoms with E-state index in [9.17, 15) is 4.79 Å². The number of pyridine rings is 1. The molecule has 0 aliphatic heterocycles. The van der Waals surface area contributed by atoms with Gasteiger partial charge in [0.15, 0.2) is 0 Å². The van der Waals surface area contributed by atoms with E-state index >= 15 is 0 Å². The Morgan fingerprint density at radius 3 is 3.07 bits per heavy atom. The van der Waals surface area contributed by atoms with Gasteiger partial charge in [-0.05, 0) is 25.1 Å². The van der Waals surface area contributed by atoms with Crippen molar-refractivity contribution < 1.29 is 4.79 Å². The highest BCUT2D eigenvalue weighted by Crippen LogP contribution is 2.14. The molecule has 0 saturated carbocycles. The number of hydrogen-bond donors (Lipinski definition) is 0. The van der Waals surface area contributed by atoms with Crippen molar-refractivity contribution in [3.05, 3.63) is 34.6 Å². The lowest BCUT2D eigenvalue weighted by molar-refractivity contribution is -0.116. The first kappa shape index (κ1) is 9.40. The lowest BCUT2D eigenvalue weighted by Gasteiger charge is -1.91. The van der Waals surface area contributed by atoms with E-state index in [2.05, 4.69) is 21.0 Å². The van der Waals surface area contributed by atoms with Crippen molar-refractivity contribution in [2.24, 2.45) is 0 Å². The van der Waals surface area contributed by atoms with Gasteiger partial charge in [-0.2, -0.15) is 5.10 Å². The Morgan fingerprint density at radius 2 is 2.36 bits per heavy atom. The maximum atomic E-state index is 10.9. The van der Waals surface area contributed by atoms with Crippen LogP contribution in [0.3, 0.4) is 0 Å². The molecule has 0 saturated heterocycles. The fraction of sp³-hybridized carbons (Fsp3) is 0.200. The predicted octanol–water partition coefficient (Wildman–Crippen LogP) is 2.23. The zero-order chi connectivity index (χ0) is 10.1. The normalized spacial score (nSPS) is 10.7. The molecule has 0 spiro atoms. The first-order chi connectivity index (χ1) is 6.65. The fourth-order valence-electron chi connectivity index (χ4n) is 1.36. The molecule has 2 aromatic heterocycles. The molecule has 2 rings (SSSR count). The van der Waals surface area contributed by atoms with Crippen LogP contribution in [0.25, 0.3) is 5.52 Å². The Labute approximate surface area is 89.9 Å². The highest BCUT2D eigenvalue weighted by molar-refractivity contribution is 9.10. The van der Waals surface area contributed by atoms with Gasteiger partial charge in [0.05, 0.1) is 17.6 Å². The van der Waals surface area contributed by atoms with Crippen LogP contribution in [0.4, 0.5) is 0 Å². The number of halogens is 1. The van der Waals surface area contributed by atoms with Crippen LogP contribution in [0.5, 0.6) is 0 Å². The molecular formula is C10H9BrN2O. The molecular weight excluding hydrogens is 244 g/mol. The SMILES string of the molecule is CC(=O)Cc1cc2cc(Br)ccn2n1. The van der Waals surface area contributed by atoms with Crippen molar-refractivity contribution in [2.75, 3.05) is 0 Å². The highest BCUT2D eigenvalue weighted by Gasteiger charge is 2.03. The second kappa shape index (κ2) is 3.53. The van der Waals surface area contributed by atoms with Gasteiger partial charge in [0.25, 0.3) is 0 Å². The second-order valence-electron chi connectivity index (χ2n) is 3.23. The van der Waals surface area contributed by atoms with Gasteiger partial charge in [0, 0.05) is 10.7 Å². The van der Waals surface area contributed by atoms with Crippen molar-refractivity contribution in [2.45, 2.75) is 13.3 Å². The maximum Gasteiger partial charge on any atom is 0.135 e. The molecule has 0 aliphatic carbocycles. The van der Waals surface area contributed by atoms with E-state index in [1.165, 1.54) is 0 Å². The summed E-state index contributed by atoms with van der Waals surface area (Å²) in [6.45, 7) is 1.57. The number of aromatic nitrogens is 2. The molecule has 2 heterocycles. The molecule has 0 atom stereocenters. The average Bonchev–Trinajstić information content (AvgIpc) is 2.44. The lowest BCUT2D eigenvalue weighted by atomic mass is 10.2. The third-order valence-electron chi connectivity index (χ3n) is 1.91. The summed E-state index contributed by atoms with van der Waals surface area (Å²) in [5.41, 5.74) is 1.81. The molecule has 0 amide bonds. The minimum atomic E-state index is 0.132. The van der Waals surface area contributed by atoms with Crippen LogP contribution in [0.15, 0.2) is 28.9 Å². The number of hydrogen-bond acceptors (Lipinski definition) is 2. The summed E-state index contributed by atoms with van der Waals surface area (Å²) in [5, 5.41) is 4.27. The van der Waals surface area contributed by atoms with Crippen molar-refractivity contribution in [1.29, 1.82) is 0 Å². The average molecular weight is 253 g/mol. The minimum absolute atomic E-state index is 0.132. The van der Waals surface area contributed by atoms with E-state index in [0.717, 1.165) is 15.7 Å². The zero-order valence-corrected chi connectivity index (χ0v) is 9.28. The standard InChI is InChI=1S/C10H9BrN2O/c1-7(14)4-9-6-10-5-8(11)2-3-13(10)12-9/h2-3,5-6H,4H2,1H3. The Morgan fingerprint density at radius 1 is 1.57 bits per heavy atom. The monoisotopic (exact) mass is 252 g/mol. The van der Waals surface area contributed by atoms with E-state index in [1.807, 2.05) is 24.4 Å². The number of ketones is 1. The predicted molar refractivity (Wildman–Crippen MR) is 57.3 cm³/mol. The first-order valence-corrected chi connectivity index (χ1v) is 5.08. The summed E-state index contributed by atoms with van der Waals surface area (Å²) in [6, 6.07) is 5.81. The van der Waals surface area contributed by atoms with Gasteiger partial charge in [-0.3, -0.25) is 4.79 Å². The van der Waals surface area contributed by atoms with E-state index in [1.54, 1.807) is 11.4 Å². The summed E-state index contributed by atoms with van der Waals surface area (Å²) in [4.78, 5) is 10.9. The number of carbonyl (C=O) groups is 1. The lowest BCUT2D eigenvalue weighted by Crippen LogP contribution is -1.97. The second-order valence-corrected chi connectivity index (χ2v) is 4.14. The van der Waals surface area contributed by atoms with Crippen LogP contribution >= 0.6 is 15.9 Å². The summed E-state index contributed by atoms with van der Waals surface area (Å²) in [5.74, 6) is 0.132. The van der Waals surface area contributed by atoms with Gasteiger partial charge in [-0.15, -0.1) is 0 Å². The molecule has 3 nitrogen and oxygen atoms in total. The third kappa shape index (κ3) is 1.85. The number of carbonyl (C=O) groups excluding carboxylic acids is 1. The van der Waals surface area contributed by atoms with Crippen LogP contribution < -0.4 is 0 Å². The molecule has 0 aliphatic rings. The molecule has 2 aromatic rings. The molecule has 14 heavy (non-hydrogen) atoms. The summed E-state index contributed by atoms with van der Waals surface area (Å²) in [7, 11) is 0. The summed E-state index contributed by atoms with van der Waals surface area (Å²) < 4.78 is 2.78. The Bertz CT molecular complexity index is 490. The van der Waals surface area contributed by atoms with Crippen molar-refractivity contribution >= 4 is 27.2 Å². The van der Waals surface area contributed by atoms with Crippen LogP contribution in [0.2, 0.25) is 0 Å². The van der Waals surface area contributed by atoms with Gasteiger partial charge in [-0.25, -0.2) is 4.52 Å². The molecule has 0 unspecified atom stereocenters. The molecule has 0 fully saturated rings. The van der Waals surface area contributed by atoms with E-state index in [-0.39, 0.29) is 5.78 Å². The molecule has 0 aromatic carbocycles. The van der Waals surface area contributed by atoms with Crippen LogP contribution in [0, 0.1) is 0 Å². The Kier molecular flexibility index (Phi) is 2.37. The number of Topliss-reactive ketones (excluding diaryl/α,β-unsaturated/α-hetero) is 1. The Hall–Kier alpha value is -1.16. The zero-order valence-electron chi connectivity index (χ0n) is 7.70. The fourth-order valence-corrected chi connectivity index (χ4v) is 1.71. The minimum Gasteiger partial charge on any atom is -0.300 e. The highest BCUT2D eigenvalue weighted by atomic mass is 79.9. The van der Waals surface area contributed by atoms with Crippen LogP contribution in [0.1, 0.15) is 12.6 Å². The van der Waals surface area contributed by atoms with Gasteiger partial charge >= 0.3 is 0 Å².